The Morgan fingerprint density at radius 3 is 1.88 bits per heavy atom. The number of rotatable bonds is 15. The fraction of sp³-hybridized carbons (Fsp3) is 0.895. The van der Waals surface area contributed by atoms with Gasteiger partial charge in [0, 0.05) is 19.5 Å². The summed E-state index contributed by atoms with van der Waals surface area (Å²) in [7, 11) is 4.02. The van der Waals surface area contributed by atoms with Crippen molar-refractivity contribution in [3.05, 3.63) is 0 Å². The molecule has 0 atom stereocenters. The van der Waals surface area contributed by atoms with Crippen molar-refractivity contribution < 1.29 is 4.79 Å². The minimum absolute atomic E-state index is 0.0354. The van der Waals surface area contributed by atoms with Crippen LogP contribution in [-0.2, 0) is 4.79 Å². The van der Waals surface area contributed by atoms with Gasteiger partial charge in [-0.05, 0) is 32.7 Å². The second-order valence-corrected chi connectivity index (χ2v) is 7.30. The standard InChI is InChI=1S/C19H39N3OS/c1-4-5-6-7-8-9-10-11-12-13-14-15-18(23)21-19(24)20-16-17-22(2)3/h4-17H2,1-3H3,(H2,20,21,23,24). The Balaban J connectivity index is 3.32. The van der Waals surface area contributed by atoms with E-state index in [1.165, 1.54) is 57.8 Å². The van der Waals surface area contributed by atoms with Crippen LogP contribution in [0.1, 0.15) is 84.0 Å². The van der Waals surface area contributed by atoms with Crippen molar-refractivity contribution in [3.8, 4) is 0 Å². The third-order valence-corrected chi connectivity index (χ3v) is 4.35. The maximum atomic E-state index is 11.8. The van der Waals surface area contributed by atoms with E-state index in [1.807, 2.05) is 14.1 Å². The summed E-state index contributed by atoms with van der Waals surface area (Å²) in [4.78, 5) is 13.8. The summed E-state index contributed by atoms with van der Waals surface area (Å²) in [5.74, 6) is 0.0354. The van der Waals surface area contributed by atoms with Gasteiger partial charge in [-0.1, -0.05) is 71.1 Å². The quantitative estimate of drug-likeness (QED) is 0.340. The number of unbranched alkanes of at least 4 members (excludes halogenated alkanes) is 10. The number of nitrogens with one attached hydrogen (secondary N) is 2. The van der Waals surface area contributed by atoms with E-state index in [2.05, 4.69) is 22.5 Å². The summed E-state index contributed by atoms with van der Waals surface area (Å²) in [6.07, 6.45) is 14.8. The average molecular weight is 358 g/mol. The van der Waals surface area contributed by atoms with Gasteiger partial charge in [0.1, 0.15) is 0 Å². The zero-order chi connectivity index (χ0) is 18.0. The van der Waals surface area contributed by atoms with Crippen LogP contribution in [0, 0.1) is 0 Å². The molecule has 0 aliphatic carbocycles. The van der Waals surface area contributed by atoms with Crippen molar-refractivity contribution in [2.24, 2.45) is 0 Å². The molecule has 0 saturated heterocycles. The zero-order valence-electron chi connectivity index (χ0n) is 16.2. The SMILES string of the molecule is CCCCCCCCCCCCCC(=O)NC(=S)NCCN(C)C. The number of nitrogens with zero attached hydrogens (tertiary/aromatic N) is 1. The lowest BCUT2D eigenvalue weighted by Gasteiger charge is -2.12. The largest absolute Gasteiger partial charge is 0.361 e. The lowest BCUT2D eigenvalue weighted by molar-refractivity contribution is -0.119. The highest BCUT2D eigenvalue weighted by Gasteiger charge is 2.04. The second-order valence-electron chi connectivity index (χ2n) is 6.89. The first-order valence-electron chi connectivity index (χ1n) is 9.78. The van der Waals surface area contributed by atoms with Crippen LogP contribution in [0.2, 0.25) is 0 Å². The van der Waals surface area contributed by atoms with Crippen LogP contribution in [0.3, 0.4) is 0 Å². The lowest BCUT2D eigenvalue weighted by Crippen LogP contribution is -2.41. The van der Waals surface area contributed by atoms with E-state index in [-0.39, 0.29) is 5.91 Å². The van der Waals surface area contributed by atoms with Crippen LogP contribution in [0.5, 0.6) is 0 Å². The normalized spacial score (nSPS) is 10.8. The molecule has 5 heteroatoms. The molecular formula is C19H39N3OS. The molecule has 2 N–H and O–H groups in total. The van der Waals surface area contributed by atoms with Crippen LogP contribution in [0.4, 0.5) is 0 Å². The first-order chi connectivity index (χ1) is 11.6. The Hall–Kier alpha value is -0.680. The van der Waals surface area contributed by atoms with Crippen molar-refractivity contribution in [1.29, 1.82) is 0 Å². The Morgan fingerprint density at radius 1 is 0.875 bits per heavy atom. The fourth-order valence-corrected chi connectivity index (χ4v) is 2.79. The molecule has 142 valence electrons. The van der Waals surface area contributed by atoms with E-state index in [9.17, 15) is 4.79 Å². The van der Waals surface area contributed by atoms with Gasteiger partial charge >= 0.3 is 0 Å². The Morgan fingerprint density at radius 2 is 1.38 bits per heavy atom. The zero-order valence-corrected chi connectivity index (χ0v) is 17.0. The van der Waals surface area contributed by atoms with Crippen molar-refractivity contribution >= 4 is 23.2 Å². The molecule has 0 aromatic heterocycles. The molecule has 0 spiro atoms. The first-order valence-corrected chi connectivity index (χ1v) is 10.2. The maximum Gasteiger partial charge on any atom is 0.226 e. The van der Waals surface area contributed by atoms with Crippen LogP contribution >= 0.6 is 12.2 Å². The van der Waals surface area contributed by atoms with Gasteiger partial charge in [0.05, 0.1) is 0 Å². The third kappa shape index (κ3) is 17.7. The predicted octanol–water partition coefficient (Wildman–Crippen LogP) is 4.24. The molecule has 0 aliphatic heterocycles. The number of hydrogen-bond acceptors (Lipinski definition) is 3. The summed E-state index contributed by atoms with van der Waals surface area (Å²) in [6.45, 7) is 3.91. The lowest BCUT2D eigenvalue weighted by atomic mass is 10.1. The van der Waals surface area contributed by atoms with Crippen molar-refractivity contribution in [2.45, 2.75) is 84.0 Å². The van der Waals surface area contributed by atoms with Crippen LogP contribution in [-0.4, -0.2) is 43.1 Å². The predicted molar refractivity (Wildman–Crippen MR) is 108 cm³/mol. The summed E-state index contributed by atoms with van der Waals surface area (Å²) >= 11 is 5.11. The number of hydrogen-bond donors (Lipinski definition) is 2. The molecule has 0 aromatic rings. The van der Waals surface area contributed by atoms with E-state index >= 15 is 0 Å². The summed E-state index contributed by atoms with van der Waals surface area (Å²) in [5.41, 5.74) is 0. The van der Waals surface area contributed by atoms with E-state index < -0.39 is 0 Å². The summed E-state index contributed by atoms with van der Waals surface area (Å²) < 4.78 is 0. The molecule has 0 aliphatic rings. The Kier molecular flexibility index (Phi) is 16.7. The number of thiocarbonyl (C=S) groups is 1. The molecule has 0 saturated carbocycles. The highest BCUT2D eigenvalue weighted by molar-refractivity contribution is 7.80. The van der Waals surface area contributed by atoms with E-state index in [0.29, 0.717) is 11.5 Å². The fourth-order valence-electron chi connectivity index (χ4n) is 2.58. The number of likely N-dealkylation sites (N-methyl/N-ethyl adjacent to an activating group) is 1. The average Bonchev–Trinajstić information content (AvgIpc) is 2.52. The van der Waals surface area contributed by atoms with E-state index in [1.54, 1.807) is 0 Å². The van der Waals surface area contributed by atoms with Gasteiger partial charge < -0.3 is 15.5 Å². The summed E-state index contributed by atoms with van der Waals surface area (Å²) in [6, 6.07) is 0. The molecule has 0 radical (unpaired) electrons. The second kappa shape index (κ2) is 17.2. The topological polar surface area (TPSA) is 44.4 Å². The smallest absolute Gasteiger partial charge is 0.226 e. The van der Waals surface area contributed by atoms with E-state index in [0.717, 1.165) is 25.9 Å². The Labute approximate surface area is 155 Å². The van der Waals surface area contributed by atoms with Crippen LogP contribution in [0.15, 0.2) is 0 Å². The molecule has 0 aromatic carbocycles. The number of amides is 1. The molecule has 0 rings (SSSR count). The highest BCUT2D eigenvalue weighted by atomic mass is 32.1. The van der Waals surface area contributed by atoms with Gasteiger partial charge in [-0.25, -0.2) is 0 Å². The van der Waals surface area contributed by atoms with Gasteiger partial charge in [0.25, 0.3) is 0 Å². The Bertz CT molecular complexity index is 322. The van der Waals surface area contributed by atoms with Gasteiger partial charge in [-0.3, -0.25) is 4.79 Å². The van der Waals surface area contributed by atoms with Gasteiger partial charge in [0.15, 0.2) is 5.11 Å². The molecule has 0 heterocycles. The first kappa shape index (κ1) is 23.3. The monoisotopic (exact) mass is 357 g/mol. The minimum Gasteiger partial charge on any atom is -0.361 e. The maximum absolute atomic E-state index is 11.8. The molecule has 4 nitrogen and oxygen atoms in total. The number of carbonyl (C=O) groups is 1. The van der Waals surface area contributed by atoms with Crippen LogP contribution < -0.4 is 10.6 Å². The van der Waals surface area contributed by atoms with Gasteiger partial charge in [0.2, 0.25) is 5.91 Å². The summed E-state index contributed by atoms with van der Waals surface area (Å²) in [5, 5.41) is 6.25. The minimum atomic E-state index is 0.0354. The van der Waals surface area contributed by atoms with Crippen molar-refractivity contribution in [1.82, 2.24) is 15.5 Å². The third-order valence-electron chi connectivity index (χ3n) is 4.10. The van der Waals surface area contributed by atoms with Crippen molar-refractivity contribution in [2.75, 3.05) is 27.2 Å². The molecule has 0 bridgehead atoms. The van der Waals surface area contributed by atoms with Crippen LogP contribution in [0.25, 0.3) is 0 Å². The molecule has 0 unspecified atom stereocenters. The van der Waals surface area contributed by atoms with E-state index in [4.69, 9.17) is 12.2 Å². The molecule has 1 amide bonds. The number of carbonyl (C=O) groups excluding carboxylic acids is 1. The molecule has 0 fully saturated rings. The molecular weight excluding hydrogens is 318 g/mol. The van der Waals surface area contributed by atoms with Gasteiger partial charge in [-0.2, -0.15) is 0 Å². The van der Waals surface area contributed by atoms with Crippen molar-refractivity contribution in [3.63, 3.8) is 0 Å². The van der Waals surface area contributed by atoms with Gasteiger partial charge in [-0.15, -0.1) is 0 Å². The highest BCUT2D eigenvalue weighted by Crippen LogP contribution is 2.11. The molecule has 24 heavy (non-hydrogen) atoms.